The number of fused-ring (bicyclic) bond motifs is 1. The normalized spacial score (nSPS) is 13.0. The second-order valence-electron chi connectivity index (χ2n) is 9.29. The van der Waals surface area contributed by atoms with Gasteiger partial charge in [-0.05, 0) is 80.3 Å². The first-order valence-electron chi connectivity index (χ1n) is 12.0. The molecule has 1 saturated carbocycles. The molecule has 0 aliphatic heterocycles. The van der Waals surface area contributed by atoms with Crippen LogP contribution in [0.4, 0.5) is 0 Å². The molecule has 0 unspecified atom stereocenters. The summed E-state index contributed by atoms with van der Waals surface area (Å²) in [4.78, 5) is 20.6. The number of nitrogens with zero attached hydrogens (tertiary/aromatic N) is 2. The summed E-state index contributed by atoms with van der Waals surface area (Å²) in [6, 6.07) is 22.4. The Kier molecular flexibility index (Phi) is 6.16. The first-order chi connectivity index (χ1) is 17.0. The largest absolute Gasteiger partial charge is 0.493 e. The van der Waals surface area contributed by atoms with Crippen molar-refractivity contribution >= 4 is 16.8 Å². The highest BCUT2D eigenvalue weighted by molar-refractivity contribution is 5.95. The Labute approximate surface area is 206 Å². The van der Waals surface area contributed by atoms with E-state index in [2.05, 4.69) is 31.2 Å². The number of benzene rings is 3. The Balaban J connectivity index is 1.61. The van der Waals surface area contributed by atoms with Crippen molar-refractivity contribution in [3.05, 3.63) is 89.0 Å². The molecule has 3 aromatic carbocycles. The van der Waals surface area contributed by atoms with E-state index in [0.717, 1.165) is 57.3 Å². The summed E-state index contributed by atoms with van der Waals surface area (Å²) in [5.41, 5.74) is 6.75. The lowest BCUT2D eigenvalue weighted by Crippen LogP contribution is -2.32. The summed E-state index contributed by atoms with van der Waals surface area (Å²) < 4.78 is 11.0. The second-order valence-corrected chi connectivity index (χ2v) is 9.29. The van der Waals surface area contributed by atoms with Crippen LogP contribution in [0.5, 0.6) is 11.5 Å². The Hall–Kier alpha value is -3.86. The summed E-state index contributed by atoms with van der Waals surface area (Å²) in [6.07, 6.45) is 2.06. The van der Waals surface area contributed by atoms with Crippen LogP contribution >= 0.6 is 0 Å². The van der Waals surface area contributed by atoms with Gasteiger partial charge < -0.3 is 14.4 Å². The fourth-order valence-electron chi connectivity index (χ4n) is 4.47. The molecule has 0 N–H and O–H groups in total. The van der Waals surface area contributed by atoms with Crippen molar-refractivity contribution in [2.45, 2.75) is 39.3 Å². The molecule has 1 aliphatic carbocycles. The van der Waals surface area contributed by atoms with E-state index < -0.39 is 0 Å². The van der Waals surface area contributed by atoms with Crippen molar-refractivity contribution < 1.29 is 14.3 Å². The highest BCUT2D eigenvalue weighted by atomic mass is 16.5. The number of carbonyl (C=O) groups is 1. The predicted octanol–water partition coefficient (Wildman–Crippen LogP) is 6.34. The van der Waals surface area contributed by atoms with Crippen molar-refractivity contribution in [2.24, 2.45) is 0 Å². The number of aromatic nitrogens is 1. The molecule has 5 heteroatoms. The van der Waals surface area contributed by atoms with E-state index in [0.29, 0.717) is 18.0 Å². The molecule has 5 rings (SSSR count). The van der Waals surface area contributed by atoms with Crippen LogP contribution in [0.3, 0.4) is 0 Å². The van der Waals surface area contributed by atoms with Gasteiger partial charge in [0.15, 0.2) is 11.5 Å². The molecule has 35 heavy (non-hydrogen) atoms. The van der Waals surface area contributed by atoms with Gasteiger partial charge in [0.1, 0.15) is 0 Å². The minimum atomic E-state index is 0.0646. The van der Waals surface area contributed by atoms with Gasteiger partial charge in [-0.1, -0.05) is 29.8 Å². The summed E-state index contributed by atoms with van der Waals surface area (Å²) in [7, 11) is 3.26. The van der Waals surface area contributed by atoms with Gasteiger partial charge in [-0.3, -0.25) is 4.79 Å². The summed E-state index contributed by atoms with van der Waals surface area (Å²) >= 11 is 0. The number of hydrogen-bond acceptors (Lipinski definition) is 4. The fourth-order valence-corrected chi connectivity index (χ4v) is 4.47. The molecule has 0 bridgehead atoms. The number of hydrogen-bond donors (Lipinski definition) is 0. The van der Waals surface area contributed by atoms with Crippen molar-refractivity contribution in [3.63, 3.8) is 0 Å². The average molecular weight is 467 g/mol. The van der Waals surface area contributed by atoms with Crippen LogP contribution in [0.2, 0.25) is 0 Å². The standard InChI is InChI=1S/C30H30N2O3/c1-19-5-8-21(9-6-19)30(33)32(25-12-13-25)18-24-16-22-10-7-20(2)15-26(22)31-29(24)23-11-14-27(34-3)28(17-23)35-4/h5-11,14-17,25H,12-13,18H2,1-4H3. The summed E-state index contributed by atoms with van der Waals surface area (Å²) in [5, 5.41) is 1.06. The third-order valence-corrected chi connectivity index (χ3v) is 6.60. The van der Waals surface area contributed by atoms with Crippen molar-refractivity contribution in [2.75, 3.05) is 14.2 Å². The van der Waals surface area contributed by atoms with Gasteiger partial charge in [0.05, 0.1) is 25.4 Å². The van der Waals surface area contributed by atoms with E-state index in [-0.39, 0.29) is 11.9 Å². The lowest BCUT2D eigenvalue weighted by molar-refractivity contribution is 0.0730. The molecule has 5 nitrogen and oxygen atoms in total. The predicted molar refractivity (Wildman–Crippen MR) is 139 cm³/mol. The van der Waals surface area contributed by atoms with Crippen LogP contribution in [0.1, 0.15) is 39.9 Å². The minimum Gasteiger partial charge on any atom is -0.493 e. The Morgan fingerprint density at radius 1 is 0.886 bits per heavy atom. The molecule has 0 radical (unpaired) electrons. The van der Waals surface area contributed by atoms with Crippen LogP contribution < -0.4 is 9.47 Å². The molecule has 4 aromatic rings. The minimum absolute atomic E-state index is 0.0646. The number of ether oxygens (including phenoxy) is 2. The first-order valence-corrected chi connectivity index (χ1v) is 12.0. The van der Waals surface area contributed by atoms with Gasteiger partial charge >= 0.3 is 0 Å². The molecule has 1 heterocycles. The smallest absolute Gasteiger partial charge is 0.254 e. The number of methoxy groups -OCH3 is 2. The number of carbonyl (C=O) groups excluding carboxylic acids is 1. The van der Waals surface area contributed by atoms with Gasteiger partial charge in [0, 0.05) is 29.1 Å². The van der Waals surface area contributed by atoms with Crippen molar-refractivity contribution in [1.29, 1.82) is 0 Å². The third kappa shape index (κ3) is 4.72. The topological polar surface area (TPSA) is 51.7 Å². The average Bonchev–Trinajstić information content (AvgIpc) is 3.72. The lowest BCUT2D eigenvalue weighted by Gasteiger charge is -2.24. The van der Waals surface area contributed by atoms with Crippen molar-refractivity contribution in [3.8, 4) is 22.8 Å². The fraction of sp³-hybridized carbons (Fsp3) is 0.267. The van der Waals surface area contributed by atoms with Crippen LogP contribution in [-0.2, 0) is 6.54 Å². The zero-order chi connectivity index (χ0) is 24.5. The molecular formula is C30H30N2O3. The Morgan fingerprint density at radius 2 is 1.60 bits per heavy atom. The number of pyridine rings is 1. The van der Waals surface area contributed by atoms with Gasteiger partial charge in [0.25, 0.3) is 5.91 Å². The van der Waals surface area contributed by atoms with E-state index in [1.54, 1.807) is 14.2 Å². The van der Waals surface area contributed by atoms with E-state index in [9.17, 15) is 4.79 Å². The maximum absolute atomic E-state index is 13.6. The third-order valence-electron chi connectivity index (χ3n) is 6.60. The summed E-state index contributed by atoms with van der Waals surface area (Å²) in [5.74, 6) is 1.38. The highest BCUT2D eigenvalue weighted by Crippen LogP contribution is 2.36. The molecular weight excluding hydrogens is 436 g/mol. The monoisotopic (exact) mass is 466 g/mol. The highest BCUT2D eigenvalue weighted by Gasteiger charge is 2.33. The Morgan fingerprint density at radius 3 is 2.29 bits per heavy atom. The molecule has 1 aromatic heterocycles. The molecule has 1 aliphatic rings. The van der Waals surface area contributed by atoms with Gasteiger partial charge in [-0.15, -0.1) is 0 Å². The van der Waals surface area contributed by atoms with Crippen LogP contribution in [0.25, 0.3) is 22.2 Å². The molecule has 0 atom stereocenters. The zero-order valence-corrected chi connectivity index (χ0v) is 20.7. The molecule has 0 saturated heterocycles. The number of aryl methyl sites for hydroxylation is 2. The van der Waals surface area contributed by atoms with E-state index in [1.165, 1.54) is 0 Å². The maximum atomic E-state index is 13.6. The van der Waals surface area contributed by atoms with Gasteiger partial charge in [-0.25, -0.2) is 4.98 Å². The Bertz CT molecular complexity index is 1390. The zero-order valence-electron chi connectivity index (χ0n) is 20.7. The number of amides is 1. The lowest BCUT2D eigenvalue weighted by atomic mass is 10.0. The second kappa shape index (κ2) is 9.41. The first kappa shape index (κ1) is 22.9. The van der Waals surface area contributed by atoms with Crippen LogP contribution in [0.15, 0.2) is 66.7 Å². The molecule has 178 valence electrons. The van der Waals surface area contributed by atoms with Crippen LogP contribution in [-0.4, -0.2) is 36.1 Å². The van der Waals surface area contributed by atoms with E-state index in [1.807, 2.05) is 54.3 Å². The molecule has 1 amide bonds. The molecule has 0 spiro atoms. The number of rotatable bonds is 7. The summed E-state index contributed by atoms with van der Waals surface area (Å²) in [6.45, 7) is 4.60. The van der Waals surface area contributed by atoms with Crippen molar-refractivity contribution in [1.82, 2.24) is 9.88 Å². The maximum Gasteiger partial charge on any atom is 0.254 e. The van der Waals surface area contributed by atoms with Crippen LogP contribution in [0, 0.1) is 13.8 Å². The van der Waals surface area contributed by atoms with Gasteiger partial charge in [0.2, 0.25) is 0 Å². The van der Waals surface area contributed by atoms with Gasteiger partial charge in [-0.2, -0.15) is 0 Å². The SMILES string of the molecule is COc1ccc(-c2nc3cc(C)ccc3cc2CN(C(=O)c2ccc(C)cc2)C2CC2)cc1OC. The quantitative estimate of drug-likeness (QED) is 0.319. The molecule has 1 fully saturated rings. The van der Waals surface area contributed by atoms with E-state index >= 15 is 0 Å². The van der Waals surface area contributed by atoms with E-state index in [4.69, 9.17) is 14.5 Å².